The van der Waals surface area contributed by atoms with Crippen molar-refractivity contribution in [2.24, 2.45) is 0 Å². The van der Waals surface area contributed by atoms with E-state index in [9.17, 15) is 13.2 Å². The molecule has 0 aromatic heterocycles. The van der Waals surface area contributed by atoms with Crippen molar-refractivity contribution in [3.8, 4) is 0 Å². The molecular formula is C26H28ClN3O3S. The molecule has 0 unspecified atom stereocenters. The van der Waals surface area contributed by atoms with E-state index in [2.05, 4.69) is 10.2 Å². The van der Waals surface area contributed by atoms with E-state index in [1.165, 1.54) is 0 Å². The number of hydrogen-bond donors (Lipinski definition) is 1. The van der Waals surface area contributed by atoms with Gasteiger partial charge in [-0.15, -0.1) is 0 Å². The summed E-state index contributed by atoms with van der Waals surface area (Å²) in [6.45, 7) is 5.10. The first kappa shape index (κ1) is 24.4. The molecule has 1 amide bonds. The fourth-order valence-electron chi connectivity index (χ4n) is 3.98. The van der Waals surface area contributed by atoms with Crippen LogP contribution in [0.25, 0.3) is 0 Å². The van der Waals surface area contributed by atoms with Crippen LogP contribution in [-0.4, -0.2) is 49.7 Å². The maximum Gasteiger partial charge on any atom is 0.251 e. The van der Waals surface area contributed by atoms with Gasteiger partial charge in [0.15, 0.2) is 0 Å². The number of halogens is 1. The minimum atomic E-state index is -3.48. The SMILES string of the molecule is Cc1ccc(S(=O)(=O)N2CCN(Cc3cccc(C(=O)NCc4ccccc4Cl)c3)CC2)cc1. The Labute approximate surface area is 206 Å². The van der Waals surface area contributed by atoms with Crippen LogP contribution in [0.3, 0.4) is 0 Å². The van der Waals surface area contributed by atoms with Crippen LogP contribution in [0.4, 0.5) is 0 Å². The number of carbonyl (C=O) groups is 1. The van der Waals surface area contributed by atoms with Gasteiger partial charge in [0, 0.05) is 49.9 Å². The van der Waals surface area contributed by atoms with Gasteiger partial charge in [0.2, 0.25) is 10.0 Å². The van der Waals surface area contributed by atoms with Crippen molar-refractivity contribution in [3.63, 3.8) is 0 Å². The highest BCUT2D eigenvalue weighted by atomic mass is 35.5. The van der Waals surface area contributed by atoms with Crippen LogP contribution in [0.15, 0.2) is 77.7 Å². The largest absolute Gasteiger partial charge is 0.348 e. The summed E-state index contributed by atoms with van der Waals surface area (Å²) in [5, 5.41) is 3.54. The molecule has 0 spiro atoms. The molecule has 4 rings (SSSR count). The normalized spacial score (nSPS) is 15.2. The molecule has 3 aromatic carbocycles. The first-order valence-corrected chi connectivity index (χ1v) is 13.0. The maximum absolute atomic E-state index is 12.9. The fraction of sp³-hybridized carbons (Fsp3) is 0.269. The van der Waals surface area contributed by atoms with E-state index in [0.717, 1.165) is 16.7 Å². The molecule has 1 aliphatic rings. The van der Waals surface area contributed by atoms with Gasteiger partial charge in [-0.3, -0.25) is 9.69 Å². The number of amides is 1. The first-order valence-electron chi connectivity index (χ1n) is 11.2. The summed E-state index contributed by atoms with van der Waals surface area (Å²) in [4.78, 5) is 15.2. The third kappa shape index (κ3) is 5.85. The van der Waals surface area contributed by atoms with Gasteiger partial charge < -0.3 is 5.32 Å². The van der Waals surface area contributed by atoms with E-state index in [4.69, 9.17) is 11.6 Å². The van der Waals surface area contributed by atoms with Crippen LogP contribution in [0.1, 0.15) is 27.0 Å². The highest BCUT2D eigenvalue weighted by Crippen LogP contribution is 2.19. The van der Waals surface area contributed by atoms with Crippen LogP contribution in [0, 0.1) is 6.92 Å². The van der Waals surface area contributed by atoms with Crippen molar-refractivity contribution in [1.29, 1.82) is 0 Å². The summed E-state index contributed by atoms with van der Waals surface area (Å²) < 4.78 is 27.4. The number of rotatable bonds is 7. The van der Waals surface area contributed by atoms with Gasteiger partial charge in [0.25, 0.3) is 5.91 Å². The highest BCUT2D eigenvalue weighted by Gasteiger charge is 2.28. The lowest BCUT2D eigenvalue weighted by molar-refractivity contribution is 0.0950. The van der Waals surface area contributed by atoms with Crippen molar-refractivity contribution in [1.82, 2.24) is 14.5 Å². The van der Waals surface area contributed by atoms with E-state index in [1.54, 1.807) is 28.6 Å². The van der Waals surface area contributed by atoms with Crippen LogP contribution in [0.2, 0.25) is 5.02 Å². The van der Waals surface area contributed by atoms with Crippen LogP contribution < -0.4 is 5.32 Å². The third-order valence-electron chi connectivity index (χ3n) is 5.98. The van der Waals surface area contributed by atoms with Gasteiger partial charge in [-0.05, 0) is 48.4 Å². The number of carbonyl (C=O) groups excluding carboxylic acids is 1. The minimum absolute atomic E-state index is 0.157. The molecule has 8 heteroatoms. The van der Waals surface area contributed by atoms with Crippen LogP contribution >= 0.6 is 11.6 Å². The maximum atomic E-state index is 12.9. The summed E-state index contributed by atoms with van der Waals surface area (Å²) in [7, 11) is -3.48. The van der Waals surface area contributed by atoms with Crippen molar-refractivity contribution in [2.45, 2.75) is 24.9 Å². The molecule has 1 fully saturated rings. The lowest BCUT2D eigenvalue weighted by Gasteiger charge is -2.34. The zero-order chi connectivity index (χ0) is 24.1. The molecule has 0 aliphatic carbocycles. The first-order chi connectivity index (χ1) is 16.3. The Bertz CT molecular complexity index is 1250. The zero-order valence-electron chi connectivity index (χ0n) is 19.1. The van der Waals surface area contributed by atoms with Crippen molar-refractivity contribution < 1.29 is 13.2 Å². The number of hydrogen-bond acceptors (Lipinski definition) is 4. The van der Waals surface area contributed by atoms with E-state index in [1.807, 2.05) is 55.5 Å². The molecule has 0 radical (unpaired) electrons. The smallest absolute Gasteiger partial charge is 0.251 e. The number of aryl methyl sites for hydroxylation is 1. The Balaban J connectivity index is 1.33. The average Bonchev–Trinajstić information content (AvgIpc) is 2.84. The second-order valence-electron chi connectivity index (χ2n) is 8.47. The molecular weight excluding hydrogens is 470 g/mol. The predicted octanol–water partition coefficient (Wildman–Crippen LogP) is 4.08. The molecule has 178 valence electrons. The molecule has 6 nitrogen and oxygen atoms in total. The Morgan fingerprint density at radius 2 is 1.65 bits per heavy atom. The number of sulfonamides is 1. The van der Waals surface area contributed by atoms with Crippen LogP contribution in [0.5, 0.6) is 0 Å². The average molecular weight is 498 g/mol. The summed E-state index contributed by atoms with van der Waals surface area (Å²) in [5.41, 5.74) is 3.50. The minimum Gasteiger partial charge on any atom is -0.348 e. The highest BCUT2D eigenvalue weighted by molar-refractivity contribution is 7.89. The van der Waals surface area contributed by atoms with Crippen molar-refractivity contribution in [2.75, 3.05) is 26.2 Å². The quantitative estimate of drug-likeness (QED) is 0.534. The van der Waals surface area contributed by atoms with E-state index < -0.39 is 10.0 Å². The van der Waals surface area contributed by atoms with Gasteiger partial charge in [-0.1, -0.05) is 59.6 Å². The summed E-state index contributed by atoms with van der Waals surface area (Å²) in [6, 6.07) is 21.9. The molecule has 0 saturated carbocycles. The van der Waals surface area contributed by atoms with E-state index in [-0.39, 0.29) is 5.91 Å². The van der Waals surface area contributed by atoms with Gasteiger partial charge in [0.05, 0.1) is 4.90 Å². The number of piperazine rings is 1. The predicted molar refractivity (Wildman–Crippen MR) is 134 cm³/mol. The number of nitrogens with zero attached hydrogens (tertiary/aromatic N) is 2. The Morgan fingerprint density at radius 1 is 0.941 bits per heavy atom. The van der Waals surface area contributed by atoms with E-state index >= 15 is 0 Å². The molecule has 0 bridgehead atoms. The van der Waals surface area contributed by atoms with Gasteiger partial charge >= 0.3 is 0 Å². The third-order valence-corrected chi connectivity index (χ3v) is 8.26. The molecule has 1 saturated heterocycles. The molecule has 1 heterocycles. The standard InChI is InChI=1S/C26H28ClN3O3S/c1-20-9-11-24(12-10-20)34(32,33)30-15-13-29(14-16-30)19-21-5-4-7-22(17-21)26(31)28-18-23-6-2-3-8-25(23)27/h2-12,17H,13-16,18-19H2,1H3,(H,28,31). The van der Waals surface area contributed by atoms with Crippen LogP contribution in [-0.2, 0) is 23.1 Å². The molecule has 34 heavy (non-hydrogen) atoms. The monoisotopic (exact) mass is 497 g/mol. The summed E-state index contributed by atoms with van der Waals surface area (Å²) in [5.74, 6) is -0.157. The fourth-order valence-corrected chi connectivity index (χ4v) is 5.60. The van der Waals surface area contributed by atoms with Gasteiger partial charge in [-0.2, -0.15) is 4.31 Å². The van der Waals surface area contributed by atoms with Gasteiger partial charge in [-0.25, -0.2) is 8.42 Å². The lowest BCUT2D eigenvalue weighted by Crippen LogP contribution is -2.48. The Kier molecular flexibility index (Phi) is 7.68. The second-order valence-corrected chi connectivity index (χ2v) is 10.8. The second kappa shape index (κ2) is 10.7. The topological polar surface area (TPSA) is 69.7 Å². The number of nitrogens with one attached hydrogen (secondary N) is 1. The molecule has 1 N–H and O–H groups in total. The molecule has 1 aliphatic heterocycles. The molecule has 3 aromatic rings. The molecule has 0 atom stereocenters. The summed E-state index contributed by atoms with van der Waals surface area (Å²) >= 11 is 6.17. The summed E-state index contributed by atoms with van der Waals surface area (Å²) in [6.07, 6.45) is 0. The van der Waals surface area contributed by atoms with Crippen molar-refractivity contribution >= 4 is 27.5 Å². The Hall–Kier alpha value is -2.71. The number of benzene rings is 3. The zero-order valence-corrected chi connectivity index (χ0v) is 20.6. The van der Waals surface area contributed by atoms with Gasteiger partial charge in [0.1, 0.15) is 0 Å². The van der Waals surface area contributed by atoms with Crippen molar-refractivity contribution in [3.05, 3.63) is 100 Å². The Morgan fingerprint density at radius 3 is 2.35 bits per heavy atom. The lowest BCUT2D eigenvalue weighted by atomic mass is 10.1. The van der Waals surface area contributed by atoms with E-state index in [0.29, 0.717) is 54.8 Å².